The molecule has 0 radical (unpaired) electrons. The van der Waals surface area contributed by atoms with Gasteiger partial charge in [-0.15, -0.1) is 11.3 Å². The van der Waals surface area contributed by atoms with Gasteiger partial charge in [0.25, 0.3) is 0 Å². The molecule has 0 fully saturated rings. The fourth-order valence-corrected chi connectivity index (χ4v) is 6.76. The smallest absolute Gasteiger partial charge is 0.124 e. The molecule has 0 N–H and O–H groups in total. The Balaban J connectivity index is 1.43. The van der Waals surface area contributed by atoms with Crippen LogP contribution in [0.3, 0.4) is 0 Å². The van der Waals surface area contributed by atoms with Crippen molar-refractivity contribution in [2.75, 3.05) is 0 Å². The van der Waals surface area contributed by atoms with E-state index >= 15 is 0 Å². The molecule has 0 amide bonds. The maximum absolute atomic E-state index is 4.92. The number of hydrogen-bond acceptors (Lipinski definition) is 3. The standard InChI is InChI=1S/C36H22N2S/c1-2-10-23(11-3-1)34-27-13-5-4-12-26(27)33(29-22-37-30-15-7-6-14-28(30)35(29)34)24-18-20-25(21-19-24)36-38-31-16-8-9-17-32(31)39-36/h1-22H. The molecule has 39 heavy (non-hydrogen) atoms. The van der Waals surface area contributed by atoms with E-state index in [9.17, 15) is 0 Å². The summed E-state index contributed by atoms with van der Waals surface area (Å²) < 4.78 is 1.21. The van der Waals surface area contributed by atoms with E-state index in [1.54, 1.807) is 11.3 Å². The van der Waals surface area contributed by atoms with Crippen molar-refractivity contribution in [1.29, 1.82) is 0 Å². The Morgan fingerprint density at radius 3 is 1.79 bits per heavy atom. The summed E-state index contributed by atoms with van der Waals surface area (Å²) in [5.74, 6) is 0. The average Bonchev–Trinajstić information content (AvgIpc) is 3.45. The fourth-order valence-electron chi connectivity index (χ4n) is 5.79. The molecule has 8 rings (SSSR count). The van der Waals surface area contributed by atoms with E-state index in [4.69, 9.17) is 9.97 Å². The molecule has 0 unspecified atom stereocenters. The van der Waals surface area contributed by atoms with Gasteiger partial charge in [0.2, 0.25) is 0 Å². The number of fused-ring (bicyclic) bond motifs is 5. The minimum absolute atomic E-state index is 1.01. The highest BCUT2D eigenvalue weighted by Gasteiger charge is 2.19. The molecular weight excluding hydrogens is 492 g/mol. The Kier molecular flexibility index (Phi) is 5.04. The van der Waals surface area contributed by atoms with Crippen molar-refractivity contribution < 1.29 is 0 Å². The molecule has 2 aromatic heterocycles. The Hall–Kier alpha value is -4.86. The summed E-state index contributed by atoms with van der Waals surface area (Å²) in [5, 5.41) is 7.11. The first kappa shape index (κ1) is 22.2. The van der Waals surface area contributed by atoms with Crippen molar-refractivity contribution in [3.63, 3.8) is 0 Å². The van der Waals surface area contributed by atoms with Crippen LogP contribution in [0.25, 0.3) is 75.5 Å². The zero-order chi connectivity index (χ0) is 25.8. The second-order valence-electron chi connectivity index (χ2n) is 9.79. The number of benzene rings is 6. The van der Waals surface area contributed by atoms with Crippen molar-refractivity contribution in [3.05, 3.63) is 134 Å². The van der Waals surface area contributed by atoms with E-state index < -0.39 is 0 Å². The molecule has 182 valence electrons. The lowest BCUT2D eigenvalue weighted by Crippen LogP contribution is -1.93. The van der Waals surface area contributed by atoms with Gasteiger partial charge >= 0.3 is 0 Å². The topological polar surface area (TPSA) is 25.8 Å². The summed E-state index contributed by atoms with van der Waals surface area (Å²) in [7, 11) is 0. The van der Waals surface area contributed by atoms with Crippen molar-refractivity contribution in [3.8, 4) is 32.8 Å². The van der Waals surface area contributed by atoms with Crippen LogP contribution in [0.2, 0.25) is 0 Å². The lowest BCUT2D eigenvalue weighted by molar-refractivity contribution is 1.44. The molecule has 0 aliphatic carbocycles. The van der Waals surface area contributed by atoms with Crippen molar-refractivity contribution in [2.24, 2.45) is 0 Å². The molecule has 0 spiro atoms. The van der Waals surface area contributed by atoms with E-state index in [1.165, 1.54) is 53.9 Å². The van der Waals surface area contributed by atoms with Crippen molar-refractivity contribution >= 4 is 54.0 Å². The van der Waals surface area contributed by atoms with Gasteiger partial charge in [-0.1, -0.05) is 109 Å². The number of hydrogen-bond donors (Lipinski definition) is 0. The minimum atomic E-state index is 1.01. The van der Waals surface area contributed by atoms with Gasteiger partial charge in [-0.05, 0) is 51.2 Å². The molecule has 0 bridgehead atoms. The third-order valence-corrected chi connectivity index (χ3v) is 8.62. The van der Waals surface area contributed by atoms with Crippen LogP contribution >= 0.6 is 11.3 Å². The lowest BCUT2D eigenvalue weighted by atomic mass is 9.85. The van der Waals surface area contributed by atoms with E-state index in [0.717, 1.165) is 21.6 Å². The van der Waals surface area contributed by atoms with Crippen LogP contribution < -0.4 is 0 Å². The van der Waals surface area contributed by atoms with Gasteiger partial charge in [0.1, 0.15) is 5.01 Å². The van der Waals surface area contributed by atoms with Crippen molar-refractivity contribution in [2.45, 2.75) is 0 Å². The zero-order valence-electron chi connectivity index (χ0n) is 21.0. The van der Waals surface area contributed by atoms with Crippen LogP contribution in [-0.2, 0) is 0 Å². The van der Waals surface area contributed by atoms with Gasteiger partial charge in [-0.3, -0.25) is 4.98 Å². The third-order valence-electron chi connectivity index (χ3n) is 7.54. The van der Waals surface area contributed by atoms with Crippen LogP contribution in [-0.4, -0.2) is 9.97 Å². The van der Waals surface area contributed by atoms with Crippen LogP contribution in [0.5, 0.6) is 0 Å². The number of aromatic nitrogens is 2. The first-order valence-corrected chi connectivity index (χ1v) is 13.9. The number of thiazole rings is 1. The summed E-state index contributed by atoms with van der Waals surface area (Å²) >= 11 is 1.74. The van der Waals surface area contributed by atoms with Gasteiger partial charge in [-0.25, -0.2) is 4.98 Å². The first-order valence-electron chi connectivity index (χ1n) is 13.1. The zero-order valence-corrected chi connectivity index (χ0v) is 21.8. The van der Waals surface area contributed by atoms with Gasteiger partial charge in [-0.2, -0.15) is 0 Å². The van der Waals surface area contributed by atoms with Crippen LogP contribution in [0, 0.1) is 0 Å². The van der Waals surface area contributed by atoms with Crippen LogP contribution in [0.15, 0.2) is 134 Å². The Bertz CT molecular complexity index is 2130. The maximum Gasteiger partial charge on any atom is 0.124 e. The highest BCUT2D eigenvalue weighted by molar-refractivity contribution is 7.21. The molecule has 0 atom stereocenters. The minimum Gasteiger partial charge on any atom is -0.256 e. The monoisotopic (exact) mass is 514 g/mol. The Morgan fingerprint density at radius 1 is 0.436 bits per heavy atom. The third kappa shape index (κ3) is 3.55. The number of nitrogens with zero attached hydrogens (tertiary/aromatic N) is 2. The molecule has 6 aromatic carbocycles. The SMILES string of the molecule is c1ccc(-c2c3ccccc3c(-c3ccc(-c4nc5ccccc5s4)cc3)c3cnc4ccccc4c23)cc1. The number of pyridine rings is 1. The summed E-state index contributed by atoms with van der Waals surface area (Å²) in [5.41, 5.74) is 8.07. The van der Waals surface area contributed by atoms with Gasteiger partial charge in [0, 0.05) is 27.9 Å². The number of rotatable bonds is 3. The predicted molar refractivity (Wildman–Crippen MR) is 166 cm³/mol. The maximum atomic E-state index is 4.92. The Morgan fingerprint density at radius 2 is 1.03 bits per heavy atom. The van der Waals surface area contributed by atoms with Crippen LogP contribution in [0.1, 0.15) is 0 Å². The second-order valence-corrected chi connectivity index (χ2v) is 10.8. The molecule has 2 heterocycles. The Labute approximate surface area is 229 Å². The van der Waals surface area contributed by atoms with E-state index in [0.29, 0.717) is 0 Å². The highest BCUT2D eigenvalue weighted by Crippen LogP contribution is 2.45. The molecule has 0 saturated carbocycles. The summed E-state index contributed by atoms with van der Waals surface area (Å²) in [6.45, 7) is 0. The summed E-state index contributed by atoms with van der Waals surface area (Å²) in [4.78, 5) is 9.79. The largest absolute Gasteiger partial charge is 0.256 e. The summed E-state index contributed by atoms with van der Waals surface area (Å²) in [6, 6.07) is 45.2. The molecule has 3 heteroatoms. The van der Waals surface area contributed by atoms with Gasteiger partial charge < -0.3 is 0 Å². The van der Waals surface area contributed by atoms with Gasteiger partial charge in [0.15, 0.2) is 0 Å². The average molecular weight is 515 g/mol. The molecule has 2 nitrogen and oxygen atoms in total. The molecule has 8 aromatic rings. The van der Waals surface area contributed by atoms with Crippen LogP contribution in [0.4, 0.5) is 0 Å². The lowest BCUT2D eigenvalue weighted by Gasteiger charge is -2.19. The van der Waals surface area contributed by atoms with E-state index in [2.05, 4.69) is 128 Å². The van der Waals surface area contributed by atoms with Gasteiger partial charge in [0.05, 0.1) is 15.7 Å². The van der Waals surface area contributed by atoms with E-state index in [1.807, 2.05) is 6.07 Å². The highest BCUT2D eigenvalue weighted by atomic mass is 32.1. The first-order chi connectivity index (χ1) is 19.3. The number of para-hydroxylation sites is 2. The van der Waals surface area contributed by atoms with E-state index in [-0.39, 0.29) is 0 Å². The quantitative estimate of drug-likeness (QED) is 0.173. The predicted octanol–water partition coefficient (Wildman–Crippen LogP) is 10.2. The normalized spacial score (nSPS) is 11.6. The molecule has 0 aliphatic rings. The molecule has 0 saturated heterocycles. The van der Waals surface area contributed by atoms with Crippen molar-refractivity contribution in [1.82, 2.24) is 9.97 Å². The fraction of sp³-hybridized carbons (Fsp3) is 0. The molecular formula is C36H22N2S. The second kappa shape index (κ2) is 8.87. The molecule has 0 aliphatic heterocycles. The summed E-state index contributed by atoms with van der Waals surface area (Å²) in [6.07, 6.45) is 2.06.